The summed E-state index contributed by atoms with van der Waals surface area (Å²) in [4.78, 5) is 25.1. The monoisotopic (exact) mass is 242 g/mol. The third-order valence-corrected chi connectivity index (χ3v) is 3.09. The summed E-state index contributed by atoms with van der Waals surface area (Å²) in [5, 5.41) is 2.80. The summed E-state index contributed by atoms with van der Waals surface area (Å²) in [5.41, 5.74) is -0.637. The van der Waals surface area contributed by atoms with Gasteiger partial charge in [-0.3, -0.25) is 14.5 Å². The van der Waals surface area contributed by atoms with Crippen molar-refractivity contribution in [3.8, 4) is 0 Å². The normalized spacial score (nSPS) is 19.8. The molecule has 0 atom stereocenters. The molecule has 0 saturated carbocycles. The molecule has 0 radical (unpaired) electrons. The lowest BCUT2D eigenvalue weighted by Crippen LogP contribution is -2.62. The number of ether oxygens (including phenoxy) is 1. The van der Waals surface area contributed by atoms with Gasteiger partial charge in [0.1, 0.15) is 0 Å². The van der Waals surface area contributed by atoms with Crippen LogP contribution >= 0.6 is 0 Å². The van der Waals surface area contributed by atoms with Gasteiger partial charge in [0.05, 0.1) is 18.7 Å². The molecule has 1 N–H and O–H groups in total. The van der Waals surface area contributed by atoms with E-state index < -0.39 is 5.54 Å². The average molecular weight is 242 g/mol. The maximum Gasteiger partial charge on any atom is 0.320 e. The number of nitrogens with zero attached hydrogens (tertiary/aromatic N) is 1. The molecule has 0 aromatic carbocycles. The minimum absolute atomic E-state index is 0.0369. The van der Waals surface area contributed by atoms with Crippen LogP contribution in [-0.2, 0) is 14.3 Å². The van der Waals surface area contributed by atoms with E-state index in [9.17, 15) is 9.59 Å². The topological polar surface area (TPSA) is 58.6 Å². The number of piperazine rings is 1. The molecule has 1 heterocycles. The van der Waals surface area contributed by atoms with Crippen molar-refractivity contribution in [1.29, 1.82) is 0 Å². The van der Waals surface area contributed by atoms with E-state index in [1.807, 2.05) is 25.7 Å². The van der Waals surface area contributed by atoms with Gasteiger partial charge < -0.3 is 10.1 Å². The lowest BCUT2D eigenvalue weighted by atomic mass is 9.99. The molecule has 0 aromatic rings. The van der Waals surface area contributed by atoms with E-state index in [1.54, 1.807) is 0 Å². The van der Waals surface area contributed by atoms with Crippen molar-refractivity contribution >= 4 is 11.9 Å². The number of esters is 1. The van der Waals surface area contributed by atoms with Crippen molar-refractivity contribution in [3.63, 3.8) is 0 Å². The lowest BCUT2D eigenvalue weighted by Gasteiger charge is -2.40. The second-order valence-electron chi connectivity index (χ2n) is 4.81. The van der Waals surface area contributed by atoms with E-state index in [-0.39, 0.29) is 18.4 Å². The summed E-state index contributed by atoms with van der Waals surface area (Å²) in [6, 6.07) is 0. The number of carbonyl (C=O) groups is 2. The van der Waals surface area contributed by atoms with Crippen LogP contribution in [0.2, 0.25) is 0 Å². The first-order chi connectivity index (χ1) is 7.98. The van der Waals surface area contributed by atoms with Crippen LogP contribution in [0.3, 0.4) is 0 Å². The highest BCUT2D eigenvalue weighted by atomic mass is 16.5. The highest BCUT2D eigenvalue weighted by Gasteiger charge is 2.38. The van der Waals surface area contributed by atoms with Crippen LogP contribution in [0.5, 0.6) is 0 Å². The van der Waals surface area contributed by atoms with Crippen LogP contribution in [0.15, 0.2) is 0 Å². The third-order valence-electron chi connectivity index (χ3n) is 3.09. The van der Waals surface area contributed by atoms with Gasteiger partial charge >= 0.3 is 5.97 Å². The molecule has 1 aliphatic heterocycles. The molecule has 0 aromatic heterocycles. The minimum Gasteiger partial charge on any atom is -0.465 e. The van der Waals surface area contributed by atoms with Gasteiger partial charge in [0.2, 0.25) is 5.91 Å². The summed E-state index contributed by atoms with van der Waals surface area (Å²) < 4.78 is 5.10. The largest absolute Gasteiger partial charge is 0.465 e. The Morgan fingerprint density at radius 1 is 1.53 bits per heavy atom. The number of hydrogen-bond donors (Lipinski definition) is 1. The van der Waals surface area contributed by atoms with Crippen molar-refractivity contribution in [1.82, 2.24) is 10.2 Å². The summed E-state index contributed by atoms with van der Waals surface area (Å²) >= 11 is 0. The zero-order valence-corrected chi connectivity index (χ0v) is 10.9. The molecule has 1 amide bonds. The van der Waals surface area contributed by atoms with Crippen LogP contribution in [0.1, 0.15) is 33.6 Å². The first-order valence-corrected chi connectivity index (χ1v) is 6.17. The molecule has 0 spiro atoms. The fourth-order valence-corrected chi connectivity index (χ4v) is 1.75. The predicted octanol–water partition coefficient (Wildman–Crippen LogP) is 0.540. The van der Waals surface area contributed by atoms with Crippen LogP contribution < -0.4 is 5.32 Å². The van der Waals surface area contributed by atoms with Crippen LogP contribution in [-0.4, -0.2) is 48.6 Å². The predicted molar refractivity (Wildman–Crippen MR) is 64.5 cm³/mol. The highest BCUT2D eigenvalue weighted by molar-refractivity contribution is 5.87. The third kappa shape index (κ3) is 3.70. The second-order valence-corrected chi connectivity index (χ2v) is 4.81. The van der Waals surface area contributed by atoms with E-state index in [2.05, 4.69) is 5.32 Å². The molecular weight excluding hydrogens is 220 g/mol. The molecule has 0 bridgehead atoms. The van der Waals surface area contributed by atoms with Gasteiger partial charge in [-0.2, -0.15) is 0 Å². The van der Waals surface area contributed by atoms with Crippen molar-refractivity contribution < 1.29 is 14.3 Å². The SMILES string of the molecule is CCCCOC(=O)CN1CCNC(=O)C1(C)C. The number of nitrogens with one attached hydrogen (secondary N) is 1. The van der Waals surface area contributed by atoms with Gasteiger partial charge in [-0.05, 0) is 20.3 Å². The summed E-state index contributed by atoms with van der Waals surface area (Å²) in [5.74, 6) is -0.286. The fraction of sp³-hybridized carbons (Fsp3) is 0.833. The standard InChI is InChI=1S/C12H22N2O3/c1-4-5-8-17-10(15)9-14-7-6-13-11(16)12(14,2)3/h4-9H2,1-3H3,(H,13,16). The van der Waals surface area contributed by atoms with Crippen molar-refractivity contribution in [2.75, 3.05) is 26.2 Å². The Labute approximate surface area is 102 Å². The first-order valence-electron chi connectivity index (χ1n) is 6.17. The Bertz CT molecular complexity index is 289. The van der Waals surface area contributed by atoms with Crippen molar-refractivity contribution in [2.24, 2.45) is 0 Å². The fourth-order valence-electron chi connectivity index (χ4n) is 1.75. The molecule has 1 fully saturated rings. The van der Waals surface area contributed by atoms with Gasteiger partial charge in [-0.15, -0.1) is 0 Å². The Morgan fingerprint density at radius 3 is 2.88 bits per heavy atom. The lowest BCUT2D eigenvalue weighted by molar-refractivity contribution is -0.149. The van der Waals surface area contributed by atoms with E-state index in [0.29, 0.717) is 19.7 Å². The Morgan fingerprint density at radius 2 is 2.24 bits per heavy atom. The summed E-state index contributed by atoms with van der Waals surface area (Å²) in [7, 11) is 0. The maximum absolute atomic E-state index is 11.7. The van der Waals surface area contributed by atoms with Crippen molar-refractivity contribution in [2.45, 2.75) is 39.2 Å². The zero-order valence-electron chi connectivity index (χ0n) is 10.9. The van der Waals surface area contributed by atoms with Crippen LogP contribution in [0.4, 0.5) is 0 Å². The molecule has 5 heteroatoms. The molecule has 17 heavy (non-hydrogen) atoms. The second kappa shape index (κ2) is 6.00. The number of rotatable bonds is 5. The van der Waals surface area contributed by atoms with Gasteiger partial charge in [0.25, 0.3) is 0 Å². The van der Waals surface area contributed by atoms with Gasteiger partial charge in [0, 0.05) is 13.1 Å². The van der Waals surface area contributed by atoms with Gasteiger partial charge in [0.15, 0.2) is 0 Å². The molecule has 0 unspecified atom stereocenters. The van der Waals surface area contributed by atoms with E-state index in [1.165, 1.54) is 0 Å². The first kappa shape index (κ1) is 14.0. The molecule has 5 nitrogen and oxygen atoms in total. The van der Waals surface area contributed by atoms with Crippen LogP contribution in [0, 0.1) is 0 Å². The molecule has 98 valence electrons. The van der Waals surface area contributed by atoms with Gasteiger partial charge in [-0.25, -0.2) is 0 Å². The minimum atomic E-state index is -0.637. The van der Waals surface area contributed by atoms with E-state index in [0.717, 1.165) is 12.8 Å². The highest BCUT2D eigenvalue weighted by Crippen LogP contribution is 2.17. The summed E-state index contributed by atoms with van der Waals surface area (Å²) in [6.45, 7) is 7.61. The Kier molecular flexibility index (Phi) is 4.93. The maximum atomic E-state index is 11.7. The number of unbranched alkanes of at least 4 members (excludes halogenated alkanes) is 1. The van der Waals surface area contributed by atoms with Crippen molar-refractivity contribution in [3.05, 3.63) is 0 Å². The van der Waals surface area contributed by atoms with E-state index >= 15 is 0 Å². The molecule has 1 aliphatic rings. The smallest absolute Gasteiger partial charge is 0.320 e. The van der Waals surface area contributed by atoms with E-state index in [4.69, 9.17) is 4.74 Å². The molecule has 0 aliphatic carbocycles. The van der Waals surface area contributed by atoms with Crippen LogP contribution in [0.25, 0.3) is 0 Å². The zero-order chi connectivity index (χ0) is 12.9. The summed E-state index contributed by atoms with van der Waals surface area (Å²) in [6.07, 6.45) is 1.89. The number of hydrogen-bond acceptors (Lipinski definition) is 4. The molecule has 1 rings (SSSR count). The number of carbonyl (C=O) groups excluding carboxylic acids is 2. The molecular formula is C12H22N2O3. The Hall–Kier alpha value is -1.10. The number of amides is 1. The average Bonchev–Trinajstić information content (AvgIpc) is 2.26. The quantitative estimate of drug-likeness (QED) is 0.564. The molecule has 1 saturated heterocycles. The Balaban J connectivity index is 2.44. The van der Waals surface area contributed by atoms with Gasteiger partial charge in [-0.1, -0.05) is 13.3 Å².